The molecule has 0 aromatic carbocycles. The SMILES string of the molecule is CC(C)(C)S(C)(C)PS(C)(C)C(C)(C)C. The highest BCUT2D eigenvalue weighted by atomic mass is 33.1. The van der Waals surface area contributed by atoms with Crippen LogP contribution in [0.3, 0.4) is 0 Å². The quantitative estimate of drug-likeness (QED) is 0.603. The van der Waals surface area contributed by atoms with Crippen molar-refractivity contribution in [3.63, 3.8) is 0 Å². The molecular formula is C12H31PS2. The third-order valence-electron chi connectivity index (χ3n) is 3.48. The summed E-state index contributed by atoms with van der Waals surface area (Å²) in [6.45, 7) is 15.6. The van der Waals surface area contributed by atoms with Crippen LogP contribution >= 0.6 is 26.3 Å². The van der Waals surface area contributed by atoms with E-state index in [1.807, 2.05) is 0 Å². The van der Waals surface area contributed by atoms with Crippen molar-refractivity contribution in [3.05, 3.63) is 0 Å². The molecule has 0 amide bonds. The van der Waals surface area contributed by atoms with Gasteiger partial charge in [-0.05, 0) is 41.5 Å². The molecule has 0 bridgehead atoms. The van der Waals surface area contributed by atoms with Crippen molar-refractivity contribution in [2.75, 3.05) is 25.0 Å². The van der Waals surface area contributed by atoms with Crippen molar-refractivity contribution < 1.29 is 0 Å². The van der Waals surface area contributed by atoms with Crippen LogP contribution in [-0.2, 0) is 0 Å². The van der Waals surface area contributed by atoms with Gasteiger partial charge in [0.2, 0.25) is 0 Å². The molecule has 0 radical (unpaired) electrons. The van der Waals surface area contributed by atoms with Crippen LogP contribution in [0.1, 0.15) is 41.5 Å². The Balaban J connectivity index is 4.89. The summed E-state index contributed by atoms with van der Waals surface area (Å²) >= 11 is 0. The molecule has 0 unspecified atom stereocenters. The second-order valence-electron chi connectivity index (χ2n) is 6.96. The van der Waals surface area contributed by atoms with Gasteiger partial charge in [-0.1, -0.05) is 41.5 Å². The first-order valence-corrected chi connectivity index (χ1v) is 12.8. The number of hydrogen-bond acceptors (Lipinski definition) is 0. The zero-order valence-corrected chi connectivity index (χ0v) is 14.9. The van der Waals surface area contributed by atoms with E-state index in [0.29, 0.717) is 9.49 Å². The first-order valence-electron chi connectivity index (χ1n) is 5.45. The molecule has 0 aromatic heterocycles. The van der Waals surface area contributed by atoms with Gasteiger partial charge in [-0.25, -0.2) is 19.3 Å². The fourth-order valence-electron chi connectivity index (χ4n) is 0.771. The van der Waals surface area contributed by atoms with Gasteiger partial charge in [-0.2, -0.15) is 0 Å². The van der Waals surface area contributed by atoms with Crippen LogP contribution in [0.5, 0.6) is 0 Å². The zero-order valence-electron chi connectivity index (χ0n) is 12.3. The van der Waals surface area contributed by atoms with Gasteiger partial charge in [0, 0.05) is 0 Å². The van der Waals surface area contributed by atoms with Gasteiger partial charge in [0.05, 0.1) is 0 Å². The summed E-state index contributed by atoms with van der Waals surface area (Å²) in [6, 6.07) is 0. The summed E-state index contributed by atoms with van der Waals surface area (Å²) in [6.07, 6.45) is 10.1. The van der Waals surface area contributed by atoms with E-state index in [2.05, 4.69) is 66.6 Å². The van der Waals surface area contributed by atoms with E-state index >= 15 is 0 Å². The molecule has 0 N–H and O–H groups in total. The van der Waals surface area contributed by atoms with Crippen molar-refractivity contribution in [1.29, 1.82) is 0 Å². The third-order valence-corrected chi connectivity index (χ3v) is 24.1. The molecule has 0 spiro atoms. The topological polar surface area (TPSA) is 0 Å². The highest BCUT2D eigenvalue weighted by molar-refractivity contribution is 9.03. The molecule has 15 heavy (non-hydrogen) atoms. The van der Waals surface area contributed by atoms with Gasteiger partial charge in [0.1, 0.15) is 0 Å². The molecule has 0 atom stereocenters. The Labute approximate surface area is 102 Å². The van der Waals surface area contributed by atoms with Crippen molar-refractivity contribution in [1.82, 2.24) is 0 Å². The van der Waals surface area contributed by atoms with E-state index in [0.717, 1.165) is 6.98 Å². The predicted octanol–water partition coefficient (Wildman–Crippen LogP) is 5.22. The highest BCUT2D eigenvalue weighted by Gasteiger charge is 2.36. The minimum absolute atomic E-state index is 0.474. The minimum atomic E-state index is -0.474. The standard InChI is InChI=1S/C12H31PS2/c1-11(2,3)14(7,8)13-15(9,10)12(4,5)6/h13H,1-10H3. The molecule has 3 heteroatoms. The van der Waals surface area contributed by atoms with E-state index in [1.165, 1.54) is 0 Å². The molecular weight excluding hydrogens is 239 g/mol. The molecule has 0 saturated heterocycles. The number of hydrogen-bond donors (Lipinski definition) is 0. The lowest BCUT2D eigenvalue weighted by Gasteiger charge is -2.55. The predicted molar refractivity (Wildman–Crippen MR) is 86.7 cm³/mol. The molecule has 0 fully saturated rings. The first-order chi connectivity index (χ1) is 6.21. The second-order valence-corrected chi connectivity index (χ2v) is 23.0. The van der Waals surface area contributed by atoms with Crippen LogP contribution in [0.25, 0.3) is 0 Å². The monoisotopic (exact) mass is 270 g/mol. The molecule has 0 aliphatic rings. The normalized spacial score (nSPS) is 17.7. The summed E-state index contributed by atoms with van der Waals surface area (Å²) in [5.41, 5.74) is 0. The molecule has 0 saturated carbocycles. The maximum Gasteiger partial charge on any atom is -0.00493 e. The smallest absolute Gasteiger partial charge is 0.00493 e. The van der Waals surface area contributed by atoms with Crippen LogP contribution in [0, 0.1) is 0 Å². The van der Waals surface area contributed by atoms with Crippen molar-refractivity contribution >= 4 is 26.3 Å². The largest absolute Gasteiger partial charge is 0.216 e. The highest BCUT2D eigenvalue weighted by Crippen LogP contribution is 2.84. The van der Waals surface area contributed by atoms with Gasteiger partial charge < -0.3 is 0 Å². The summed E-state index contributed by atoms with van der Waals surface area (Å²) in [5.74, 6) is 0. The van der Waals surface area contributed by atoms with Gasteiger partial charge in [-0.15, -0.1) is 0 Å². The molecule has 0 aromatic rings. The summed E-state index contributed by atoms with van der Waals surface area (Å²) in [4.78, 5) is 0. The lowest BCUT2D eigenvalue weighted by molar-refractivity contribution is 0.794. The van der Waals surface area contributed by atoms with Crippen molar-refractivity contribution in [2.24, 2.45) is 0 Å². The van der Waals surface area contributed by atoms with Crippen molar-refractivity contribution in [3.8, 4) is 0 Å². The summed E-state index contributed by atoms with van der Waals surface area (Å²) in [5, 5.41) is 0. The first kappa shape index (κ1) is 16.1. The zero-order chi connectivity index (χ0) is 12.7. The van der Waals surface area contributed by atoms with Crippen LogP contribution in [0.4, 0.5) is 0 Å². The maximum absolute atomic E-state index is 2.52. The van der Waals surface area contributed by atoms with Gasteiger partial charge >= 0.3 is 0 Å². The number of rotatable bonds is 2. The van der Waals surface area contributed by atoms with E-state index < -0.39 is 19.3 Å². The average Bonchev–Trinajstić information content (AvgIpc) is 1.77. The molecule has 0 rings (SSSR count). The van der Waals surface area contributed by atoms with E-state index in [1.54, 1.807) is 0 Å². The van der Waals surface area contributed by atoms with Gasteiger partial charge in [0.25, 0.3) is 0 Å². The van der Waals surface area contributed by atoms with E-state index in [9.17, 15) is 0 Å². The Morgan fingerprint density at radius 1 is 0.600 bits per heavy atom. The van der Waals surface area contributed by atoms with Crippen LogP contribution in [-0.4, -0.2) is 34.5 Å². The van der Waals surface area contributed by atoms with Crippen LogP contribution in [0.15, 0.2) is 0 Å². The fraction of sp³-hybridized carbons (Fsp3) is 1.00. The Hall–Kier alpha value is 1.13. The second kappa shape index (κ2) is 4.42. The molecule has 0 heterocycles. The van der Waals surface area contributed by atoms with E-state index in [-0.39, 0.29) is 0 Å². The Kier molecular flexibility index (Phi) is 4.76. The van der Waals surface area contributed by atoms with Crippen molar-refractivity contribution in [2.45, 2.75) is 51.0 Å². The van der Waals surface area contributed by atoms with Gasteiger partial charge in [0.15, 0.2) is 0 Å². The summed E-state index contributed by atoms with van der Waals surface area (Å²) in [7, 11) is -0.948. The Bertz CT molecular complexity index is 195. The molecule has 96 valence electrons. The summed E-state index contributed by atoms with van der Waals surface area (Å²) < 4.78 is 0.974. The average molecular weight is 270 g/mol. The maximum atomic E-state index is 2.52. The van der Waals surface area contributed by atoms with E-state index in [4.69, 9.17) is 0 Å². The molecule has 0 aliphatic carbocycles. The third kappa shape index (κ3) is 4.13. The van der Waals surface area contributed by atoms with Crippen LogP contribution < -0.4 is 0 Å². The lowest BCUT2D eigenvalue weighted by atomic mass is 10.3. The fourth-order valence-corrected chi connectivity index (χ4v) is 20.8. The lowest BCUT2D eigenvalue weighted by Crippen LogP contribution is -2.24. The minimum Gasteiger partial charge on any atom is -0.216 e. The Morgan fingerprint density at radius 3 is 0.933 bits per heavy atom. The van der Waals surface area contributed by atoms with Gasteiger partial charge in [-0.3, -0.25) is 0 Å². The molecule has 0 nitrogen and oxygen atoms in total. The van der Waals surface area contributed by atoms with Crippen LogP contribution in [0.2, 0.25) is 0 Å². The Morgan fingerprint density at radius 2 is 0.800 bits per heavy atom. The molecule has 0 aliphatic heterocycles.